The number of rotatable bonds is 6. The lowest BCUT2D eigenvalue weighted by molar-refractivity contribution is -0.152. The fourth-order valence-electron chi connectivity index (χ4n) is 4.09. The predicted octanol–water partition coefficient (Wildman–Crippen LogP) is 3.29. The Morgan fingerprint density at radius 3 is 2.50 bits per heavy atom. The van der Waals surface area contributed by atoms with Crippen LogP contribution in [0, 0.1) is 5.41 Å². The van der Waals surface area contributed by atoms with Crippen molar-refractivity contribution in [2.45, 2.75) is 58.6 Å². The lowest BCUT2D eigenvalue weighted by Gasteiger charge is -2.39. The molecule has 0 atom stereocenters. The number of benzene rings is 1. The Kier molecular flexibility index (Phi) is 6.76. The summed E-state index contributed by atoms with van der Waals surface area (Å²) in [6.45, 7) is 6.44. The highest BCUT2D eigenvalue weighted by atomic mass is 16.6. The molecular weight excluding hydrogens is 414 g/mol. The van der Waals surface area contributed by atoms with E-state index in [4.69, 9.17) is 9.47 Å². The lowest BCUT2D eigenvalue weighted by Crippen LogP contribution is -2.48. The number of amides is 1. The molecule has 0 bridgehead atoms. The van der Waals surface area contributed by atoms with Gasteiger partial charge in [0.25, 0.3) is 5.56 Å². The molecule has 174 valence electrons. The summed E-state index contributed by atoms with van der Waals surface area (Å²) >= 11 is 0. The Bertz CT molecular complexity index is 1050. The summed E-state index contributed by atoms with van der Waals surface area (Å²) in [5.74, 6) is -0.245. The number of carboxylic acid groups (broad SMARTS) is 1. The van der Waals surface area contributed by atoms with Crippen molar-refractivity contribution in [3.8, 4) is 5.75 Å². The summed E-state index contributed by atoms with van der Waals surface area (Å²) < 4.78 is 12.3. The standard InChI is InChI=1S/C23H31N3O6/c1-22(2,3)32-21(30)25-12-9-23(10-13-25,20(28)29)8-5-11-26-18-14-16(31-4)6-7-17(18)24-15-19(26)27/h6-7,14-15H,5,8-13H2,1-4H3,(H,28,29). The third-order valence-corrected chi connectivity index (χ3v) is 5.92. The van der Waals surface area contributed by atoms with Crippen LogP contribution < -0.4 is 10.3 Å². The number of methoxy groups -OCH3 is 1. The number of likely N-dealkylation sites (tertiary alicyclic amines) is 1. The highest BCUT2D eigenvalue weighted by molar-refractivity contribution is 5.77. The molecule has 1 aliphatic heterocycles. The molecular formula is C23H31N3O6. The number of aliphatic carboxylic acids is 1. The van der Waals surface area contributed by atoms with Crippen molar-refractivity contribution in [2.24, 2.45) is 5.41 Å². The van der Waals surface area contributed by atoms with Crippen LogP contribution in [0.25, 0.3) is 11.0 Å². The normalized spacial score (nSPS) is 16.1. The molecule has 3 rings (SSSR count). The maximum absolute atomic E-state index is 12.4. The second-order valence-electron chi connectivity index (χ2n) is 9.26. The summed E-state index contributed by atoms with van der Waals surface area (Å²) in [6, 6.07) is 5.33. The number of ether oxygens (including phenoxy) is 2. The number of nitrogens with zero attached hydrogens (tertiary/aromatic N) is 3. The quantitative estimate of drug-likeness (QED) is 0.726. The van der Waals surface area contributed by atoms with Gasteiger partial charge in [-0.15, -0.1) is 0 Å². The second-order valence-corrected chi connectivity index (χ2v) is 9.26. The smallest absolute Gasteiger partial charge is 0.410 e. The number of carboxylic acids is 1. The van der Waals surface area contributed by atoms with Gasteiger partial charge in [-0.05, 0) is 58.6 Å². The van der Waals surface area contributed by atoms with E-state index < -0.39 is 23.1 Å². The molecule has 1 fully saturated rings. The van der Waals surface area contributed by atoms with E-state index in [1.54, 1.807) is 55.5 Å². The molecule has 2 heterocycles. The fourth-order valence-corrected chi connectivity index (χ4v) is 4.09. The van der Waals surface area contributed by atoms with Crippen LogP contribution in [-0.4, -0.2) is 57.4 Å². The van der Waals surface area contributed by atoms with E-state index in [1.165, 1.54) is 6.20 Å². The van der Waals surface area contributed by atoms with E-state index in [0.29, 0.717) is 62.1 Å². The topological polar surface area (TPSA) is 111 Å². The van der Waals surface area contributed by atoms with E-state index in [9.17, 15) is 19.5 Å². The SMILES string of the molecule is COc1ccc2ncc(=O)n(CCCC3(C(=O)O)CCN(C(=O)OC(C)(C)C)CC3)c2c1. The summed E-state index contributed by atoms with van der Waals surface area (Å²) in [7, 11) is 1.56. The van der Waals surface area contributed by atoms with Gasteiger partial charge in [-0.3, -0.25) is 9.59 Å². The minimum absolute atomic E-state index is 0.241. The van der Waals surface area contributed by atoms with Crippen molar-refractivity contribution in [3.63, 3.8) is 0 Å². The first-order chi connectivity index (χ1) is 15.0. The van der Waals surface area contributed by atoms with Gasteiger partial charge in [0.1, 0.15) is 11.4 Å². The van der Waals surface area contributed by atoms with Crippen molar-refractivity contribution >= 4 is 23.1 Å². The monoisotopic (exact) mass is 445 g/mol. The summed E-state index contributed by atoms with van der Waals surface area (Å²) in [4.78, 5) is 42.7. The van der Waals surface area contributed by atoms with E-state index in [0.717, 1.165) is 0 Å². The molecule has 9 heteroatoms. The molecule has 0 saturated carbocycles. The Morgan fingerprint density at radius 2 is 1.91 bits per heavy atom. The molecule has 1 aliphatic rings. The highest BCUT2D eigenvalue weighted by Crippen LogP contribution is 2.37. The molecule has 0 aliphatic carbocycles. The highest BCUT2D eigenvalue weighted by Gasteiger charge is 2.42. The van der Waals surface area contributed by atoms with Crippen LogP contribution in [0.1, 0.15) is 46.5 Å². The molecule has 1 N–H and O–H groups in total. The molecule has 0 radical (unpaired) electrons. The van der Waals surface area contributed by atoms with E-state index in [1.807, 2.05) is 0 Å². The molecule has 32 heavy (non-hydrogen) atoms. The number of hydrogen-bond acceptors (Lipinski definition) is 6. The Hall–Kier alpha value is -3.10. The Labute approximate surface area is 186 Å². The molecule has 1 aromatic heterocycles. The molecule has 1 saturated heterocycles. The number of hydrogen-bond donors (Lipinski definition) is 1. The van der Waals surface area contributed by atoms with Crippen molar-refractivity contribution < 1.29 is 24.2 Å². The first-order valence-electron chi connectivity index (χ1n) is 10.8. The number of fused-ring (bicyclic) bond motifs is 1. The minimum atomic E-state index is -0.928. The lowest BCUT2D eigenvalue weighted by atomic mass is 9.75. The van der Waals surface area contributed by atoms with Crippen molar-refractivity contribution in [2.75, 3.05) is 20.2 Å². The summed E-state index contributed by atoms with van der Waals surface area (Å²) in [6.07, 6.45) is 2.48. The number of aryl methyl sites for hydroxylation is 1. The van der Waals surface area contributed by atoms with Crippen LogP contribution in [0.2, 0.25) is 0 Å². The second kappa shape index (κ2) is 9.18. The molecule has 0 spiro atoms. The van der Waals surface area contributed by atoms with Gasteiger partial charge in [0.15, 0.2) is 0 Å². The van der Waals surface area contributed by atoms with Crippen molar-refractivity contribution in [1.29, 1.82) is 0 Å². The predicted molar refractivity (Wildman–Crippen MR) is 119 cm³/mol. The van der Waals surface area contributed by atoms with Gasteiger partial charge in [0.05, 0.1) is 29.8 Å². The maximum Gasteiger partial charge on any atom is 0.410 e. The number of carbonyl (C=O) groups is 2. The van der Waals surface area contributed by atoms with E-state index >= 15 is 0 Å². The average molecular weight is 446 g/mol. The Morgan fingerprint density at radius 1 is 1.22 bits per heavy atom. The fraction of sp³-hybridized carbons (Fsp3) is 0.565. The zero-order valence-corrected chi connectivity index (χ0v) is 19.1. The summed E-state index contributed by atoms with van der Waals surface area (Å²) in [5, 5.41) is 9.96. The zero-order valence-electron chi connectivity index (χ0n) is 19.1. The van der Waals surface area contributed by atoms with Crippen molar-refractivity contribution in [1.82, 2.24) is 14.5 Å². The van der Waals surface area contributed by atoms with Crippen LogP contribution in [0.3, 0.4) is 0 Å². The number of piperidine rings is 1. The summed E-state index contributed by atoms with van der Waals surface area (Å²) in [5.41, 5.74) is -0.440. The maximum atomic E-state index is 12.4. The Balaban J connectivity index is 1.69. The van der Waals surface area contributed by atoms with E-state index in [-0.39, 0.29) is 5.56 Å². The van der Waals surface area contributed by atoms with Gasteiger partial charge < -0.3 is 24.0 Å². The van der Waals surface area contributed by atoms with Gasteiger partial charge >= 0.3 is 12.1 Å². The third kappa shape index (κ3) is 5.20. The van der Waals surface area contributed by atoms with Gasteiger partial charge in [0, 0.05) is 25.7 Å². The van der Waals surface area contributed by atoms with Crippen LogP contribution in [0.5, 0.6) is 5.75 Å². The van der Waals surface area contributed by atoms with Crippen LogP contribution >= 0.6 is 0 Å². The molecule has 2 aromatic rings. The van der Waals surface area contributed by atoms with Gasteiger partial charge in [-0.1, -0.05) is 0 Å². The number of carbonyl (C=O) groups excluding carboxylic acids is 1. The zero-order chi connectivity index (χ0) is 23.5. The average Bonchev–Trinajstić information content (AvgIpc) is 2.74. The van der Waals surface area contributed by atoms with Gasteiger partial charge in [0.2, 0.25) is 0 Å². The molecule has 9 nitrogen and oxygen atoms in total. The first kappa shape index (κ1) is 23.6. The molecule has 1 aromatic carbocycles. The minimum Gasteiger partial charge on any atom is -0.497 e. The van der Waals surface area contributed by atoms with Gasteiger partial charge in [-0.25, -0.2) is 9.78 Å². The number of aromatic nitrogens is 2. The largest absolute Gasteiger partial charge is 0.497 e. The van der Waals surface area contributed by atoms with Gasteiger partial charge in [-0.2, -0.15) is 0 Å². The van der Waals surface area contributed by atoms with Crippen LogP contribution in [0.15, 0.2) is 29.2 Å². The molecule has 0 unspecified atom stereocenters. The molecule has 1 amide bonds. The van der Waals surface area contributed by atoms with Crippen LogP contribution in [-0.2, 0) is 16.1 Å². The first-order valence-corrected chi connectivity index (χ1v) is 10.8. The van der Waals surface area contributed by atoms with Crippen molar-refractivity contribution in [3.05, 3.63) is 34.7 Å². The third-order valence-electron chi connectivity index (χ3n) is 5.92. The van der Waals surface area contributed by atoms with Crippen LogP contribution in [0.4, 0.5) is 4.79 Å². The van der Waals surface area contributed by atoms with E-state index in [2.05, 4.69) is 4.98 Å².